The van der Waals surface area contributed by atoms with Crippen LogP contribution < -0.4 is 0 Å². The number of carbonyl (C=O) groups excluding carboxylic acids is 2. The molecule has 0 unspecified atom stereocenters. The lowest BCUT2D eigenvalue weighted by Gasteiger charge is -2.19. The zero-order chi connectivity index (χ0) is 17.1. The van der Waals surface area contributed by atoms with Gasteiger partial charge in [-0.1, -0.05) is 42.5 Å². The molecule has 0 N–H and O–H groups in total. The first-order valence-corrected chi connectivity index (χ1v) is 8.78. The van der Waals surface area contributed by atoms with Gasteiger partial charge in [-0.3, -0.25) is 4.79 Å². The van der Waals surface area contributed by atoms with Crippen molar-refractivity contribution in [1.29, 1.82) is 0 Å². The van der Waals surface area contributed by atoms with Gasteiger partial charge in [-0.2, -0.15) is 0 Å². The predicted octanol–water partition coefficient (Wildman–Crippen LogP) is 4.49. The van der Waals surface area contributed by atoms with Gasteiger partial charge >= 0.3 is 6.09 Å². The van der Waals surface area contributed by atoms with Crippen molar-refractivity contribution in [2.24, 2.45) is 0 Å². The predicted molar refractivity (Wildman–Crippen MR) is 94.4 cm³/mol. The Bertz CT molecular complexity index is 784. The fraction of sp³-hybridized carbons (Fsp3) is 0.158. The maximum Gasteiger partial charge on any atom is 0.423 e. The molecule has 1 heterocycles. The molecule has 1 aliphatic heterocycles. The molecule has 3 rings (SSSR count). The van der Waals surface area contributed by atoms with Crippen LogP contribution in [-0.2, 0) is 9.53 Å². The monoisotopic (exact) mass is 339 g/mol. The highest BCUT2D eigenvalue weighted by molar-refractivity contribution is 7.98. The van der Waals surface area contributed by atoms with Crippen LogP contribution >= 0.6 is 11.8 Å². The van der Waals surface area contributed by atoms with E-state index in [2.05, 4.69) is 0 Å². The number of ether oxygens (including phenoxy) is 1. The average molecular weight is 339 g/mol. The molecule has 0 saturated carbocycles. The van der Waals surface area contributed by atoms with Crippen LogP contribution in [0, 0.1) is 0 Å². The van der Waals surface area contributed by atoms with Crippen LogP contribution in [0.2, 0.25) is 0 Å². The van der Waals surface area contributed by atoms with Crippen molar-refractivity contribution in [2.75, 3.05) is 6.26 Å². The Morgan fingerprint density at radius 3 is 2.33 bits per heavy atom. The number of benzene rings is 2. The molecular weight excluding hydrogens is 322 g/mol. The Morgan fingerprint density at radius 1 is 1.04 bits per heavy atom. The minimum atomic E-state index is -0.636. The molecule has 0 radical (unpaired) electrons. The van der Waals surface area contributed by atoms with Crippen LogP contribution in [0.5, 0.6) is 0 Å². The maximum atomic E-state index is 12.6. The number of hydrogen-bond donors (Lipinski definition) is 0. The van der Waals surface area contributed by atoms with E-state index in [4.69, 9.17) is 4.74 Å². The smallest absolute Gasteiger partial charge is 0.404 e. The van der Waals surface area contributed by atoms with Crippen molar-refractivity contribution in [3.05, 3.63) is 71.5 Å². The molecule has 0 aromatic heterocycles. The summed E-state index contributed by atoms with van der Waals surface area (Å²) >= 11 is 1.64. The number of thioether (sulfide) groups is 1. The molecular formula is C19H17NO3S. The van der Waals surface area contributed by atoms with Crippen molar-refractivity contribution in [3.63, 3.8) is 0 Å². The highest BCUT2D eigenvalue weighted by Gasteiger charge is 2.40. The highest BCUT2D eigenvalue weighted by Crippen LogP contribution is 2.29. The Kier molecular flexibility index (Phi) is 4.71. The van der Waals surface area contributed by atoms with E-state index in [1.165, 1.54) is 0 Å². The summed E-state index contributed by atoms with van der Waals surface area (Å²) in [6, 6.07) is 16.7. The standard InChI is InChI=1S/C19H17NO3S/c1-13(15-6-4-3-5-7-15)20-18(21)17(23-19(20)22)12-14-8-10-16(24-2)11-9-14/h3-13H,1-2H3/b17-12-/t13-/m1/s1. The Morgan fingerprint density at radius 2 is 1.71 bits per heavy atom. The van der Waals surface area contributed by atoms with Crippen LogP contribution in [0.3, 0.4) is 0 Å². The third-order valence-corrected chi connectivity index (χ3v) is 4.65. The minimum Gasteiger partial charge on any atom is -0.404 e. The number of hydrogen-bond acceptors (Lipinski definition) is 4. The molecule has 2 aromatic carbocycles. The number of nitrogens with zero attached hydrogens (tertiary/aromatic N) is 1. The van der Waals surface area contributed by atoms with Gasteiger partial charge in [-0.25, -0.2) is 9.69 Å². The van der Waals surface area contributed by atoms with Crippen LogP contribution in [-0.4, -0.2) is 23.2 Å². The second-order valence-electron chi connectivity index (χ2n) is 5.41. The van der Waals surface area contributed by atoms with E-state index in [9.17, 15) is 9.59 Å². The molecule has 5 heteroatoms. The summed E-state index contributed by atoms with van der Waals surface area (Å²) in [6.07, 6.45) is 2.96. The van der Waals surface area contributed by atoms with Gasteiger partial charge < -0.3 is 4.74 Å². The summed E-state index contributed by atoms with van der Waals surface area (Å²) in [5.74, 6) is -0.357. The van der Waals surface area contributed by atoms with Crippen molar-refractivity contribution in [1.82, 2.24) is 4.90 Å². The van der Waals surface area contributed by atoms with E-state index in [-0.39, 0.29) is 11.8 Å². The van der Waals surface area contributed by atoms with Crippen LogP contribution in [0.1, 0.15) is 24.1 Å². The molecule has 2 amide bonds. The number of rotatable bonds is 4. The van der Waals surface area contributed by atoms with Gasteiger partial charge in [0.2, 0.25) is 0 Å². The van der Waals surface area contributed by atoms with E-state index in [0.29, 0.717) is 0 Å². The van der Waals surface area contributed by atoms with Gasteiger partial charge in [0.15, 0.2) is 5.76 Å². The molecule has 1 saturated heterocycles. The van der Waals surface area contributed by atoms with Gasteiger partial charge in [0.25, 0.3) is 5.91 Å². The molecule has 24 heavy (non-hydrogen) atoms. The molecule has 1 fully saturated rings. The zero-order valence-corrected chi connectivity index (χ0v) is 14.2. The summed E-state index contributed by atoms with van der Waals surface area (Å²) in [5, 5.41) is 0. The highest BCUT2D eigenvalue weighted by atomic mass is 32.2. The van der Waals surface area contributed by atoms with Crippen molar-refractivity contribution in [3.8, 4) is 0 Å². The Labute approximate surface area is 145 Å². The summed E-state index contributed by atoms with van der Waals surface area (Å²) in [6.45, 7) is 1.81. The third kappa shape index (κ3) is 3.21. The van der Waals surface area contributed by atoms with Crippen molar-refractivity contribution in [2.45, 2.75) is 17.9 Å². The molecule has 0 spiro atoms. The fourth-order valence-corrected chi connectivity index (χ4v) is 2.95. The lowest BCUT2D eigenvalue weighted by atomic mass is 10.1. The van der Waals surface area contributed by atoms with Crippen LogP contribution in [0.15, 0.2) is 65.3 Å². The first kappa shape index (κ1) is 16.3. The third-order valence-electron chi connectivity index (χ3n) is 3.91. The molecule has 4 nitrogen and oxygen atoms in total. The average Bonchev–Trinajstić information content (AvgIpc) is 2.89. The Balaban J connectivity index is 1.84. The van der Waals surface area contributed by atoms with Crippen molar-refractivity contribution < 1.29 is 14.3 Å². The van der Waals surface area contributed by atoms with Gasteiger partial charge in [0, 0.05) is 4.90 Å². The van der Waals surface area contributed by atoms with E-state index >= 15 is 0 Å². The zero-order valence-electron chi connectivity index (χ0n) is 13.4. The van der Waals surface area contributed by atoms with E-state index in [1.54, 1.807) is 17.8 Å². The van der Waals surface area contributed by atoms with Gasteiger partial charge in [-0.05, 0) is 42.5 Å². The molecule has 0 aliphatic carbocycles. The summed E-state index contributed by atoms with van der Waals surface area (Å²) in [7, 11) is 0. The number of amides is 2. The van der Waals surface area contributed by atoms with E-state index in [0.717, 1.165) is 20.9 Å². The fourth-order valence-electron chi connectivity index (χ4n) is 2.55. The topological polar surface area (TPSA) is 46.6 Å². The molecule has 0 bridgehead atoms. The summed E-state index contributed by atoms with van der Waals surface area (Å²) < 4.78 is 5.18. The second kappa shape index (κ2) is 6.93. The number of cyclic esters (lactones) is 1. The van der Waals surface area contributed by atoms with Crippen molar-refractivity contribution >= 4 is 29.8 Å². The lowest BCUT2D eigenvalue weighted by molar-refractivity contribution is -0.124. The Hall–Kier alpha value is -2.53. The van der Waals surface area contributed by atoms with Crippen LogP contribution in [0.25, 0.3) is 6.08 Å². The quantitative estimate of drug-likeness (QED) is 0.608. The normalized spacial score (nSPS) is 17.2. The van der Waals surface area contributed by atoms with E-state index < -0.39 is 12.0 Å². The molecule has 2 aromatic rings. The van der Waals surface area contributed by atoms with Gasteiger partial charge in [0.1, 0.15) is 0 Å². The summed E-state index contributed by atoms with van der Waals surface area (Å²) in [4.78, 5) is 27.0. The summed E-state index contributed by atoms with van der Waals surface area (Å²) in [5.41, 5.74) is 1.70. The number of imide groups is 1. The number of carbonyl (C=O) groups is 2. The first-order valence-electron chi connectivity index (χ1n) is 7.56. The lowest BCUT2D eigenvalue weighted by Crippen LogP contribution is -2.31. The van der Waals surface area contributed by atoms with Gasteiger partial charge in [0.05, 0.1) is 6.04 Å². The SMILES string of the molecule is CSc1ccc(/C=C2\OC(=O)N([C@H](C)c3ccccc3)C2=O)cc1. The maximum absolute atomic E-state index is 12.6. The van der Waals surface area contributed by atoms with E-state index in [1.807, 2.05) is 67.8 Å². The minimum absolute atomic E-state index is 0.0553. The molecule has 1 aliphatic rings. The molecule has 1 atom stereocenters. The van der Waals surface area contributed by atoms with Crippen LogP contribution in [0.4, 0.5) is 4.79 Å². The second-order valence-corrected chi connectivity index (χ2v) is 6.29. The molecule has 122 valence electrons. The van der Waals surface area contributed by atoms with Gasteiger partial charge in [-0.15, -0.1) is 11.8 Å². The first-order chi connectivity index (χ1) is 11.6. The largest absolute Gasteiger partial charge is 0.423 e.